The van der Waals surface area contributed by atoms with Gasteiger partial charge >= 0.3 is 22.4 Å². The Kier molecular flexibility index (Phi) is 14.5. The number of carbonyl (C=O) groups is 1. The van der Waals surface area contributed by atoms with Crippen LogP contribution in [0.3, 0.4) is 0 Å². The number of hydrogen-bond donors (Lipinski definition) is 0. The van der Waals surface area contributed by atoms with Crippen molar-refractivity contribution in [2.75, 3.05) is 40.1 Å². The van der Waals surface area contributed by atoms with Crippen molar-refractivity contribution in [1.29, 1.82) is 0 Å². The first-order valence-corrected chi connectivity index (χ1v) is 3.61. The molecule has 0 aliphatic heterocycles. The summed E-state index contributed by atoms with van der Waals surface area (Å²) >= 11 is 0. The maximum atomic E-state index is 9.84. The second kappa shape index (κ2) is 12.1. The van der Waals surface area contributed by atoms with Gasteiger partial charge in [-0.25, -0.2) is 0 Å². The third kappa shape index (κ3) is 14.9. The molecule has 0 radical (unpaired) electrons. The van der Waals surface area contributed by atoms with Crippen LogP contribution in [-0.2, 0) is 41.4 Å². The molecule has 0 aromatic heterocycles. The van der Waals surface area contributed by atoms with E-state index in [0.29, 0.717) is 19.8 Å². The van der Waals surface area contributed by atoms with Gasteiger partial charge < -0.3 is 24.1 Å². The van der Waals surface area contributed by atoms with Crippen LogP contribution in [0.1, 0.15) is 0 Å². The Morgan fingerprint density at radius 1 is 1.15 bits per heavy atom. The maximum absolute atomic E-state index is 9.84. The zero-order valence-electron chi connectivity index (χ0n) is 7.38. The van der Waals surface area contributed by atoms with Crippen LogP contribution in [0.4, 0.5) is 0 Å². The first kappa shape index (κ1) is 15.6. The summed E-state index contributed by atoms with van der Waals surface area (Å²) in [6.45, 7) is 1.27. The Balaban J connectivity index is 0. The van der Waals surface area contributed by atoms with Crippen molar-refractivity contribution >= 4 is 5.97 Å². The van der Waals surface area contributed by atoms with E-state index in [2.05, 4.69) is 4.74 Å². The van der Waals surface area contributed by atoms with Crippen molar-refractivity contribution in [3.8, 4) is 0 Å². The molecule has 0 aliphatic rings. The molecule has 6 heteroatoms. The molecule has 0 unspecified atom stereocenters. The minimum Gasteiger partial charge on any atom is -0.548 e. The van der Waals surface area contributed by atoms with Gasteiger partial charge in [-0.1, -0.05) is 0 Å². The molecule has 0 spiro atoms. The van der Waals surface area contributed by atoms with Crippen LogP contribution in [0.25, 0.3) is 0 Å². The van der Waals surface area contributed by atoms with Crippen LogP contribution in [0.5, 0.6) is 0 Å². The fourth-order valence-electron chi connectivity index (χ4n) is 0.518. The van der Waals surface area contributed by atoms with Gasteiger partial charge in [0.2, 0.25) is 0 Å². The summed E-state index contributed by atoms with van der Waals surface area (Å²) in [5.74, 6) is -1.22. The number of hydrogen-bond acceptors (Lipinski definition) is 5. The topological polar surface area (TPSA) is 67.8 Å². The summed E-state index contributed by atoms with van der Waals surface area (Å²) in [6.07, 6.45) is 0. The first-order valence-electron chi connectivity index (χ1n) is 3.61. The molecule has 13 heavy (non-hydrogen) atoms. The third-order valence-electron chi connectivity index (χ3n) is 1.02. The van der Waals surface area contributed by atoms with Crippen LogP contribution in [0.2, 0.25) is 0 Å². The number of methoxy groups -OCH3 is 1. The maximum Gasteiger partial charge on any atom is 1.00 e. The largest absolute Gasteiger partial charge is 1.00 e. The summed E-state index contributed by atoms with van der Waals surface area (Å²) in [6, 6.07) is 0. The van der Waals surface area contributed by atoms with E-state index in [0.717, 1.165) is 0 Å². The number of carbonyl (C=O) groups excluding carboxylic acids is 1. The normalized spacial score (nSPS) is 9.31. The van der Waals surface area contributed by atoms with E-state index in [4.69, 9.17) is 9.47 Å². The smallest absolute Gasteiger partial charge is 0.548 e. The zero-order chi connectivity index (χ0) is 9.23. The van der Waals surface area contributed by atoms with Crippen molar-refractivity contribution in [3.05, 3.63) is 0 Å². The van der Waals surface area contributed by atoms with Gasteiger partial charge in [-0.2, -0.15) is 0 Å². The van der Waals surface area contributed by atoms with E-state index < -0.39 is 5.97 Å². The quantitative estimate of drug-likeness (QED) is 0.397. The monoisotopic (exact) mass is 284 g/mol. The van der Waals surface area contributed by atoms with E-state index in [-0.39, 0.29) is 35.6 Å². The zero-order valence-corrected chi connectivity index (χ0v) is 8.86. The summed E-state index contributed by atoms with van der Waals surface area (Å²) in [7, 11) is 1.58. The molecule has 5 nitrogen and oxygen atoms in total. The van der Waals surface area contributed by atoms with Crippen molar-refractivity contribution < 1.29 is 46.5 Å². The van der Waals surface area contributed by atoms with Crippen LogP contribution in [-0.4, -0.2) is 46.1 Å². The summed E-state index contributed by atoms with van der Waals surface area (Å²) in [4.78, 5) is 9.84. The fourth-order valence-corrected chi connectivity index (χ4v) is 0.518. The van der Waals surface area contributed by atoms with E-state index in [1.165, 1.54) is 0 Å². The second-order valence-electron chi connectivity index (χ2n) is 2.03. The van der Waals surface area contributed by atoms with E-state index >= 15 is 0 Å². The Hall–Kier alpha value is 0.0903. The van der Waals surface area contributed by atoms with Gasteiger partial charge in [-0.15, -0.1) is 0 Å². The average molecular weight is 285 g/mol. The van der Waals surface area contributed by atoms with Gasteiger partial charge in [0.25, 0.3) is 0 Å². The molecule has 0 rings (SSSR count). The molecule has 0 aliphatic carbocycles. The predicted molar refractivity (Wildman–Crippen MR) is 38.5 cm³/mol. The molecule has 0 bridgehead atoms. The van der Waals surface area contributed by atoms with Crippen molar-refractivity contribution in [2.24, 2.45) is 0 Å². The Labute approximate surface area is 92.9 Å². The van der Waals surface area contributed by atoms with Gasteiger partial charge in [0.05, 0.1) is 39.0 Å². The Morgan fingerprint density at radius 2 is 1.69 bits per heavy atom. The van der Waals surface area contributed by atoms with Gasteiger partial charge in [-0.3, -0.25) is 0 Å². The first-order chi connectivity index (χ1) is 5.77. The average Bonchev–Trinajstić information content (AvgIpc) is 2.02. The van der Waals surface area contributed by atoms with Crippen LogP contribution < -0.4 is 5.11 Å². The fraction of sp³-hybridized carbons (Fsp3) is 0.857. The summed E-state index contributed by atoms with van der Waals surface area (Å²) in [5, 5.41) is 9.84. The number of carboxylic acids is 1. The van der Waals surface area contributed by atoms with E-state index in [1.807, 2.05) is 0 Å². The third-order valence-corrected chi connectivity index (χ3v) is 1.02. The van der Waals surface area contributed by atoms with Crippen LogP contribution in [0.15, 0.2) is 0 Å². The standard InChI is InChI=1S/C7H14O5.Ag/c1-10-2-3-11-4-5-12-6-7(8)9;/h2-6H2,1H3,(H,8,9);/q;+1/p-1. The number of carboxylic acid groups (broad SMARTS) is 1. The molecule has 0 atom stereocenters. The molecule has 0 N–H and O–H groups in total. The van der Waals surface area contributed by atoms with Crippen LogP contribution in [0, 0.1) is 0 Å². The molecule has 82 valence electrons. The minimum atomic E-state index is -1.22. The molecule has 0 saturated carbocycles. The van der Waals surface area contributed by atoms with Gasteiger partial charge in [0, 0.05) is 7.11 Å². The Morgan fingerprint density at radius 3 is 2.23 bits per heavy atom. The van der Waals surface area contributed by atoms with Gasteiger partial charge in [0.15, 0.2) is 0 Å². The summed E-state index contributed by atoms with van der Waals surface area (Å²) < 4.78 is 14.4. The minimum absolute atomic E-state index is 0. The molecule has 0 aromatic rings. The summed E-state index contributed by atoms with van der Waals surface area (Å²) in [5.41, 5.74) is 0. The van der Waals surface area contributed by atoms with E-state index in [1.54, 1.807) is 7.11 Å². The van der Waals surface area contributed by atoms with E-state index in [9.17, 15) is 9.90 Å². The SMILES string of the molecule is COCCOCCOCC(=O)[O-].[Ag+]. The molecule has 0 heterocycles. The van der Waals surface area contributed by atoms with Crippen molar-refractivity contribution in [3.63, 3.8) is 0 Å². The van der Waals surface area contributed by atoms with Crippen molar-refractivity contribution in [1.82, 2.24) is 0 Å². The molecule has 0 amide bonds. The molecule has 0 fully saturated rings. The molecular weight excluding hydrogens is 272 g/mol. The molecule has 0 saturated heterocycles. The predicted octanol–water partition coefficient (Wildman–Crippen LogP) is -1.59. The van der Waals surface area contributed by atoms with Crippen molar-refractivity contribution in [2.45, 2.75) is 0 Å². The molecule has 0 aromatic carbocycles. The number of ether oxygens (including phenoxy) is 3. The van der Waals surface area contributed by atoms with Gasteiger partial charge in [-0.05, 0) is 0 Å². The number of aliphatic carboxylic acids is 1. The van der Waals surface area contributed by atoms with Crippen LogP contribution >= 0.6 is 0 Å². The number of rotatable bonds is 8. The Bertz CT molecular complexity index is 119. The van der Waals surface area contributed by atoms with Gasteiger partial charge in [0.1, 0.15) is 0 Å². The molecular formula is C7H13AgO5. The second-order valence-corrected chi connectivity index (χ2v) is 2.03.